The molecule has 1 aromatic rings. The van der Waals surface area contributed by atoms with E-state index >= 15 is 0 Å². The Kier molecular flexibility index (Phi) is 7.10. The van der Waals surface area contributed by atoms with E-state index < -0.39 is 17.6 Å². The highest BCUT2D eigenvalue weighted by Crippen LogP contribution is 2.37. The van der Waals surface area contributed by atoms with Crippen LogP contribution in [0.1, 0.15) is 18.0 Å². The molecule has 0 radical (unpaired) electrons. The molecule has 0 saturated carbocycles. The summed E-state index contributed by atoms with van der Waals surface area (Å²) in [5.74, 6) is 0.563. The van der Waals surface area contributed by atoms with E-state index in [-0.39, 0.29) is 35.8 Å². The first-order chi connectivity index (χ1) is 8.54. The zero-order valence-corrected chi connectivity index (χ0v) is 11.4. The van der Waals surface area contributed by atoms with Crippen molar-refractivity contribution in [2.24, 2.45) is 5.73 Å². The van der Waals surface area contributed by atoms with E-state index in [2.05, 4.69) is 0 Å². The van der Waals surface area contributed by atoms with Gasteiger partial charge in [0.05, 0.1) is 37.4 Å². The summed E-state index contributed by atoms with van der Waals surface area (Å²) < 4.78 is 22.3. The summed E-state index contributed by atoms with van der Waals surface area (Å²) >= 11 is 0. The number of nitrogens with two attached hydrogens (primary N) is 1. The quantitative estimate of drug-likeness (QED) is 0.643. The molecule has 0 aliphatic carbocycles. The van der Waals surface area contributed by atoms with Crippen molar-refractivity contribution >= 4 is 18.1 Å². The van der Waals surface area contributed by atoms with E-state index in [0.29, 0.717) is 5.75 Å². The van der Waals surface area contributed by atoms with Gasteiger partial charge in [0.2, 0.25) is 0 Å². The van der Waals surface area contributed by atoms with E-state index in [0.717, 1.165) is 0 Å². The zero-order valence-electron chi connectivity index (χ0n) is 10.6. The number of nitro benzene ring substituents is 1. The van der Waals surface area contributed by atoms with Crippen LogP contribution in [0.5, 0.6) is 11.5 Å². The van der Waals surface area contributed by atoms with E-state index in [1.807, 2.05) is 0 Å². The highest BCUT2D eigenvalue weighted by molar-refractivity contribution is 5.85. The molecule has 2 N–H and O–H groups in total. The van der Waals surface area contributed by atoms with Gasteiger partial charge in [-0.05, 0) is 12.5 Å². The molecule has 0 aromatic heterocycles. The van der Waals surface area contributed by atoms with Crippen LogP contribution >= 0.6 is 12.4 Å². The van der Waals surface area contributed by atoms with Crippen molar-refractivity contribution in [1.82, 2.24) is 0 Å². The van der Waals surface area contributed by atoms with Gasteiger partial charge in [-0.1, -0.05) is 0 Å². The summed E-state index contributed by atoms with van der Waals surface area (Å²) in [4.78, 5) is 10.4. The molecular weight excluding hydrogens is 279 g/mol. The van der Waals surface area contributed by atoms with Crippen LogP contribution in [0.15, 0.2) is 12.1 Å². The highest BCUT2D eigenvalue weighted by atomic mass is 35.5. The number of hydrogen-bond acceptors (Lipinski definition) is 5. The fourth-order valence-electron chi connectivity index (χ4n) is 1.61. The van der Waals surface area contributed by atoms with Crippen LogP contribution in [-0.2, 0) is 0 Å². The number of halogens is 2. The minimum atomic E-state index is -0.754. The molecule has 1 aromatic carbocycles. The molecule has 19 heavy (non-hydrogen) atoms. The molecule has 1 rings (SSSR count). The smallest absolute Gasteiger partial charge is 0.278 e. The Hall–Kier alpha value is -1.60. The van der Waals surface area contributed by atoms with Gasteiger partial charge in [-0.2, -0.15) is 0 Å². The summed E-state index contributed by atoms with van der Waals surface area (Å²) in [6.45, 7) is -0.646. The van der Waals surface area contributed by atoms with Crippen molar-refractivity contribution in [3.05, 3.63) is 27.8 Å². The Bertz CT molecular complexity index is 445. The number of ether oxygens (including phenoxy) is 2. The van der Waals surface area contributed by atoms with Crippen LogP contribution in [0.2, 0.25) is 0 Å². The van der Waals surface area contributed by atoms with E-state index in [1.165, 1.54) is 26.4 Å². The average Bonchev–Trinajstić information content (AvgIpc) is 2.37. The SMILES string of the molecule is COc1cc([C@H](N)CCF)c([N+](=O)[O-])cc1OC.Cl. The summed E-state index contributed by atoms with van der Waals surface area (Å²) in [7, 11) is 2.79. The predicted molar refractivity (Wildman–Crippen MR) is 71.0 cm³/mol. The van der Waals surface area contributed by atoms with Gasteiger partial charge in [-0.3, -0.25) is 14.5 Å². The number of hydrogen-bond donors (Lipinski definition) is 1. The first kappa shape index (κ1) is 17.4. The van der Waals surface area contributed by atoms with Gasteiger partial charge in [0.25, 0.3) is 5.69 Å². The standard InChI is InChI=1S/C11H15FN2O4.ClH/c1-17-10-5-7(8(13)3-4-12)9(14(15)16)6-11(10)18-2;/h5-6,8H,3-4,13H2,1-2H3;1H/t8-;/m1./s1. The first-order valence-corrected chi connectivity index (χ1v) is 5.27. The molecule has 0 spiro atoms. The Morgan fingerprint density at radius 2 is 1.89 bits per heavy atom. The molecule has 0 fully saturated rings. The molecular formula is C11H16ClFN2O4. The Balaban J connectivity index is 0.00000324. The van der Waals surface area contributed by atoms with Crippen molar-refractivity contribution in [2.45, 2.75) is 12.5 Å². The topological polar surface area (TPSA) is 87.6 Å². The summed E-state index contributed by atoms with van der Waals surface area (Å²) in [6.07, 6.45) is 0.0102. The minimum Gasteiger partial charge on any atom is -0.493 e. The lowest BCUT2D eigenvalue weighted by Gasteiger charge is -2.14. The maximum absolute atomic E-state index is 12.3. The number of nitro groups is 1. The molecule has 108 valence electrons. The third-order valence-electron chi connectivity index (χ3n) is 2.55. The number of methoxy groups -OCH3 is 2. The Morgan fingerprint density at radius 3 is 2.32 bits per heavy atom. The van der Waals surface area contributed by atoms with Gasteiger partial charge in [0.15, 0.2) is 11.5 Å². The van der Waals surface area contributed by atoms with E-state index in [4.69, 9.17) is 15.2 Å². The summed E-state index contributed by atoms with van der Waals surface area (Å²) in [6, 6.07) is 1.89. The lowest BCUT2D eigenvalue weighted by atomic mass is 10.0. The molecule has 6 nitrogen and oxygen atoms in total. The van der Waals surface area contributed by atoms with Crippen LogP contribution in [0.4, 0.5) is 10.1 Å². The molecule has 0 aliphatic heterocycles. The van der Waals surface area contributed by atoms with Gasteiger partial charge < -0.3 is 15.2 Å². The van der Waals surface area contributed by atoms with Crippen LogP contribution in [0, 0.1) is 10.1 Å². The third kappa shape index (κ3) is 3.93. The molecule has 0 heterocycles. The van der Waals surface area contributed by atoms with E-state index in [1.54, 1.807) is 0 Å². The maximum Gasteiger partial charge on any atom is 0.278 e. The first-order valence-electron chi connectivity index (χ1n) is 5.27. The average molecular weight is 295 g/mol. The largest absolute Gasteiger partial charge is 0.493 e. The third-order valence-corrected chi connectivity index (χ3v) is 2.55. The number of alkyl halides is 1. The van der Waals surface area contributed by atoms with Crippen molar-refractivity contribution in [2.75, 3.05) is 20.9 Å². The molecule has 0 saturated heterocycles. The maximum atomic E-state index is 12.3. The van der Waals surface area contributed by atoms with Crippen molar-refractivity contribution in [3.8, 4) is 11.5 Å². The van der Waals surface area contributed by atoms with E-state index in [9.17, 15) is 14.5 Å². The van der Waals surface area contributed by atoms with Crippen LogP contribution in [-0.4, -0.2) is 25.8 Å². The van der Waals surface area contributed by atoms with Crippen LogP contribution < -0.4 is 15.2 Å². The summed E-state index contributed by atoms with van der Waals surface area (Å²) in [5.41, 5.74) is 5.75. The molecule has 0 aliphatic rings. The number of rotatable bonds is 6. The van der Waals surface area contributed by atoms with Gasteiger partial charge >= 0.3 is 0 Å². The summed E-state index contributed by atoms with van der Waals surface area (Å²) in [5, 5.41) is 11.0. The molecule has 8 heteroatoms. The van der Waals surface area contributed by atoms with Gasteiger partial charge in [0, 0.05) is 6.04 Å². The van der Waals surface area contributed by atoms with Gasteiger partial charge in [-0.15, -0.1) is 12.4 Å². The molecule has 0 unspecified atom stereocenters. The number of nitrogens with zero attached hydrogens (tertiary/aromatic N) is 1. The number of benzene rings is 1. The second-order valence-electron chi connectivity index (χ2n) is 3.61. The Labute approximate surface area is 116 Å². The van der Waals surface area contributed by atoms with Gasteiger partial charge in [-0.25, -0.2) is 0 Å². The second-order valence-corrected chi connectivity index (χ2v) is 3.61. The van der Waals surface area contributed by atoms with Crippen molar-refractivity contribution in [3.63, 3.8) is 0 Å². The highest BCUT2D eigenvalue weighted by Gasteiger charge is 2.23. The van der Waals surface area contributed by atoms with Crippen molar-refractivity contribution in [1.29, 1.82) is 0 Å². The second kappa shape index (κ2) is 7.75. The lowest BCUT2D eigenvalue weighted by Crippen LogP contribution is -2.13. The predicted octanol–water partition coefficient (Wildman–Crippen LogP) is 2.39. The lowest BCUT2D eigenvalue weighted by molar-refractivity contribution is -0.385. The molecule has 0 amide bonds. The minimum absolute atomic E-state index is 0. The normalized spacial score (nSPS) is 11.4. The van der Waals surface area contributed by atoms with Gasteiger partial charge in [0.1, 0.15) is 0 Å². The fraction of sp³-hybridized carbons (Fsp3) is 0.455. The van der Waals surface area contributed by atoms with Crippen LogP contribution in [0.25, 0.3) is 0 Å². The molecule has 0 bridgehead atoms. The zero-order chi connectivity index (χ0) is 13.7. The Morgan fingerprint density at radius 1 is 1.37 bits per heavy atom. The van der Waals surface area contributed by atoms with Crippen molar-refractivity contribution < 1.29 is 18.8 Å². The fourth-order valence-corrected chi connectivity index (χ4v) is 1.61. The molecule has 1 atom stereocenters. The monoisotopic (exact) mass is 294 g/mol. The van der Waals surface area contributed by atoms with Crippen LogP contribution in [0.3, 0.4) is 0 Å².